The first kappa shape index (κ1) is 12.4. The van der Waals surface area contributed by atoms with Gasteiger partial charge in [-0.2, -0.15) is 0 Å². The van der Waals surface area contributed by atoms with E-state index in [0.29, 0.717) is 0 Å². The maximum atomic E-state index is 9.55. The molecule has 0 aromatic carbocycles. The number of aliphatic hydroxyl groups is 1. The molecule has 2 atom stereocenters. The second-order valence-electron chi connectivity index (χ2n) is 2.58. The predicted molar refractivity (Wildman–Crippen MR) is 52.4 cm³/mol. The van der Waals surface area contributed by atoms with Crippen LogP contribution in [0.3, 0.4) is 0 Å². The van der Waals surface area contributed by atoms with Gasteiger partial charge in [0.15, 0.2) is 0 Å². The van der Waals surface area contributed by atoms with Crippen LogP contribution in [-0.2, 0) is 9.47 Å². The van der Waals surface area contributed by atoms with Crippen LogP contribution in [0.5, 0.6) is 0 Å². The van der Waals surface area contributed by atoms with Crippen molar-refractivity contribution in [2.45, 2.75) is 26.1 Å². The number of methoxy groups -OCH3 is 1. The van der Waals surface area contributed by atoms with Gasteiger partial charge in [0.05, 0.1) is 0 Å². The minimum Gasteiger partial charge on any atom is -0.386 e. The van der Waals surface area contributed by atoms with Crippen molar-refractivity contribution in [3.8, 4) is 0 Å². The molecule has 0 aliphatic rings. The van der Waals surface area contributed by atoms with Crippen LogP contribution in [0.2, 0.25) is 0 Å². The molecule has 13 heavy (non-hydrogen) atoms. The van der Waals surface area contributed by atoms with E-state index < -0.39 is 6.10 Å². The van der Waals surface area contributed by atoms with Gasteiger partial charge in [-0.15, -0.1) is 0 Å². The minimum absolute atomic E-state index is 0.184. The minimum atomic E-state index is -0.614. The summed E-state index contributed by atoms with van der Waals surface area (Å²) in [7, 11) is 1.55. The number of ether oxygens (including phenoxy) is 2. The summed E-state index contributed by atoms with van der Waals surface area (Å²) in [6, 6.07) is 0. The van der Waals surface area contributed by atoms with Crippen molar-refractivity contribution in [3.63, 3.8) is 0 Å². The number of hydrogen-bond acceptors (Lipinski definition) is 3. The first-order valence-electron chi connectivity index (χ1n) is 4.30. The van der Waals surface area contributed by atoms with Crippen molar-refractivity contribution in [1.29, 1.82) is 0 Å². The monoisotopic (exact) mass is 186 g/mol. The maximum absolute atomic E-state index is 9.55. The first-order chi connectivity index (χ1) is 6.26. The van der Waals surface area contributed by atoms with Gasteiger partial charge in [0, 0.05) is 7.11 Å². The molecule has 0 heterocycles. The fourth-order valence-corrected chi connectivity index (χ4v) is 0.911. The van der Waals surface area contributed by atoms with E-state index in [1.807, 2.05) is 19.9 Å². The molecule has 0 spiro atoms. The molecule has 0 aromatic rings. The third kappa shape index (κ3) is 5.58. The highest BCUT2D eigenvalue weighted by Gasteiger charge is 2.12. The number of aliphatic hydroxyl groups excluding tert-OH is 1. The van der Waals surface area contributed by atoms with E-state index in [0.717, 1.165) is 0 Å². The lowest BCUT2D eigenvalue weighted by Crippen LogP contribution is -2.26. The van der Waals surface area contributed by atoms with E-state index in [9.17, 15) is 5.11 Å². The van der Waals surface area contributed by atoms with E-state index in [-0.39, 0.29) is 12.9 Å². The third-order valence-electron chi connectivity index (χ3n) is 1.49. The largest absolute Gasteiger partial charge is 0.386 e. The van der Waals surface area contributed by atoms with Gasteiger partial charge in [0.25, 0.3) is 0 Å². The van der Waals surface area contributed by atoms with Crippen LogP contribution in [0.15, 0.2) is 24.3 Å². The number of hydrogen-bond donors (Lipinski definition) is 1. The molecule has 0 rings (SSSR count). The summed E-state index contributed by atoms with van der Waals surface area (Å²) in [5, 5.41) is 9.55. The molecule has 76 valence electrons. The van der Waals surface area contributed by atoms with Crippen LogP contribution >= 0.6 is 0 Å². The molecule has 3 heteroatoms. The van der Waals surface area contributed by atoms with Crippen LogP contribution < -0.4 is 0 Å². The average Bonchev–Trinajstić information content (AvgIpc) is 2.12. The summed E-state index contributed by atoms with van der Waals surface area (Å²) in [4.78, 5) is 0. The van der Waals surface area contributed by atoms with Gasteiger partial charge in [-0.1, -0.05) is 24.3 Å². The summed E-state index contributed by atoms with van der Waals surface area (Å²) in [6.07, 6.45) is 6.16. The van der Waals surface area contributed by atoms with Crippen molar-refractivity contribution >= 4 is 0 Å². The van der Waals surface area contributed by atoms with E-state index in [2.05, 4.69) is 0 Å². The molecule has 3 nitrogen and oxygen atoms in total. The highest BCUT2D eigenvalue weighted by atomic mass is 16.7. The molecule has 0 amide bonds. The molecule has 0 saturated heterocycles. The zero-order valence-electron chi connectivity index (χ0n) is 8.43. The second-order valence-corrected chi connectivity index (χ2v) is 2.58. The van der Waals surface area contributed by atoms with Crippen molar-refractivity contribution < 1.29 is 14.6 Å². The van der Waals surface area contributed by atoms with E-state index in [1.54, 1.807) is 25.3 Å². The topological polar surface area (TPSA) is 38.7 Å². The lowest BCUT2D eigenvalue weighted by molar-refractivity contribution is -0.0833. The van der Waals surface area contributed by atoms with Crippen LogP contribution in [0, 0.1) is 0 Å². The number of allylic oxidation sites excluding steroid dienone is 2. The molecule has 0 aliphatic heterocycles. The fraction of sp³-hybridized carbons (Fsp3) is 0.600. The fourth-order valence-electron chi connectivity index (χ4n) is 0.911. The molecule has 0 aromatic heterocycles. The van der Waals surface area contributed by atoms with Gasteiger partial charge in [0.2, 0.25) is 0 Å². The zero-order chi connectivity index (χ0) is 10.1. The Morgan fingerprint density at radius 1 is 1.23 bits per heavy atom. The molecule has 0 unspecified atom stereocenters. The quantitative estimate of drug-likeness (QED) is 0.504. The molecule has 0 radical (unpaired) electrons. The lowest BCUT2D eigenvalue weighted by Gasteiger charge is -2.16. The Morgan fingerprint density at radius 2 is 1.85 bits per heavy atom. The SMILES string of the molecule is C/C=C/[C@@H](O)[C@H](/C=C/C)OCOC. The molecule has 0 aliphatic carbocycles. The van der Waals surface area contributed by atoms with Crippen molar-refractivity contribution in [3.05, 3.63) is 24.3 Å². The van der Waals surface area contributed by atoms with Crippen LogP contribution in [0.4, 0.5) is 0 Å². The molecule has 0 saturated carbocycles. The van der Waals surface area contributed by atoms with Gasteiger partial charge in [-0.3, -0.25) is 0 Å². The van der Waals surface area contributed by atoms with E-state index >= 15 is 0 Å². The van der Waals surface area contributed by atoms with Crippen molar-refractivity contribution in [2.24, 2.45) is 0 Å². The Hall–Kier alpha value is -0.640. The molecule has 0 bridgehead atoms. The lowest BCUT2D eigenvalue weighted by atomic mass is 10.2. The maximum Gasteiger partial charge on any atom is 0.147 e. The summed E-state index contributed by atoms with van der Waals surface area (Å²) >= 11 is 0. The first-order valence-corrected chi connectivity index (χ1v) is 4.30. The molecule has 0 fully saturated rings. The zero-order valence-corrected chi connectivity index (χ0v) is 8.43. The summed E-state index contributed by atoms with van der Waals surface area (Å²) < 4.78 is 9.99. The van der Waals surface area contributed by atoms with Gasteiger partial charge >= 0.3 is 0 Å². The highest BCUT2D eigenvalue weighted by Crippen LogP contribution is 2.03. The van der Waals surface area contributed by atoms with E-state index in [4.69, 9.17) is 9.47 Å². The highest BCUT2D eigenvalue weighted by molar-refractivity contribution is 4.99. The van der Waals surface area contributed by atoms with Gasteiger partial charge in [0.1, 0.15) is 19.0 Å². The summed E-state index contributed by atoms with van der Waals surface area (Å²) in [6.45, 7) is 3.92. The van der Waals surface area contributed by atoms with Crippen LogP contribution in [0.1, 0.15) is 13.8 Å². The Labute approximate surface area is 79.7 Å². The molecular weight excluding hydrogens is 168 g/mol. The molecule has 1 N–H and O–H groups in total. The Kier molecular flexibility index (Phi) is 7.59. The summed E-state index contributed by atoms with van der Waals surface area (Å²) in [5.41, 5.74) is 0. The van der Waals surface area contributed by atoms with Gasteiger partial charge in [-0.25, -0.2) is 0 Å². The summed E-state index contributed by atoms with van der Waals surface area (Å²) in [5.74, 6) is 0. The standard InChI is InChI=1S/C10H18O3/c1-4-6-9(11)10(7-5-2)13-8-12-3/h4-7,9-11H,8H2,1-3H3/b6-4+,7-5+/t9-,10+/m1/s1. The van der Waals surface area contributed by atoms with Crippen molar-refractivity contribution in [1.82, 2.24) is 0 Å². The normalized spacial score (nSPS) is 16.9. The van der Waals surface area contributed by atoms with Crippen molar-refractivity contribution in [2.75, 3.05) is 13.9 Å². The third-order valence-corrected chi connectivity index (χ3v) is 1.49. The van der Waals surface area contributed by atoms with Crippen LogP contribution in [-0.4, -0.2) is 31.2 Å². The Balaban J connectivity index is 4.06. The molecular formula is C10H18O3. The Morgan fingerprint density at radius 3 is 2.31 bits per heavy atom. The predicted octanol–water partition coefficient (Wildman–Crippen LogP) is 1.49. The number of rotatable bonds is 6. The second kappa shape index (κ2) is 7.98. The average molecular weight is 186 g/mol. The Bertz CT molecular complexity index is 164. The van der Waals surface area contributed by atoms with Gasteiger partial charge < -0.3 is 14.6 Å². The smallest absolute Gasteiger partial charge is 0.147 e. The van der Waals surface area contributed by atoms with Crippen LogP contribution in [0.25, 0.3) is 0 Å². The van der Waals surface area contributed by atoms with E-state index in [1.165, 1.54) is 0 Å². The van der Waals surface area contributed by atoms with Gasteiger partial charge in [-0.05, 0) is 13.8 Å².